The Bertz CT molecular complexity index is 353. The molecule has 1 aliphatic heterocycles. The van der Waals surface area contributed by atoms with Crippen molar-refractivity contribution < 1.29 is 19.5 Å². The molecule has 7 heteroatoms. The largest absolute Gasteiger partial charge is 0.481 e. The van der Waals surface area contributed by atoms with Crippen LogP contribution in [0.2, 0.25) is 0 Å². The number of likely N-dealkylation sites (tertiary alicyclic amines) is 1. The highest BCUT2D eigenvalue weighted by atomic mass is 16.4. The van der Waals surface area contributed by atoms with E-state index in [4.69, 9.17) is 5.11 Å². The standard InChI is InChI=1S/C12H21N3O4/c1-9(7-11(17)18)13-12(19)14(2)8-10(16)15-5-3-4-6-15/h9H,3-8H2,1-2H3,(H,13,19)(H,17,18). The second-order valence-corrected chi connectivity index (χ2v) is 4.89. The number of nitrogens with zero attached hydrogens (tertiary/aromatic N) is 2. The number of likely N-dealkylation sites (N-methyl/N-ethyl adjacent to an activating group) is 1. The Morgan fingerprint density at radius 3 is 2.42 bits per heavy atom. The van der Waals surface area contributed by atoms with E-state index in [1.165, 1.54) is 11.9 Å². The Kier molecular flexibility index (Phi) is 5.59. The summed E-state index contributed by atoms with van der Waals surface area (Å²) in [5, 5.41) is 11.1. The number of aliphatic carboxylic acids is 1. The molecule has 1 unspecified atom stereocenters. The number of amides is 3. The average Bonchev–Trinajstić information content (AvgIpc) is 2.80. The SMILES string of the molecule is CC(CC(=O)O)NC(=O)N(C)CC(=O)N1CCCC1. The molecule has 2 N–H and O–H groups in total. The fraction of sp³-hybridized carbons (Fsp3) is 0.750. The third-order valence-electron chi connectivity index (χ3n) is 3.03. The van der Waals surface area contributed by atoms with Gasteiger partial charge in [-0.2, -0.15) is 0 Å². The number of hydrogen-bond donors (Lipinski definition) is 2. The summed E-state index contributed by atoms with van der Waals surface area (Å²) in [5.74, 6) is -1.04. The van der Waals surface area contributed by atoms with Crippen LogP contribution in [0.3, 0.4) is 0 Å². The van der Waals surface area contributed by atoms with Crippen molar-refractivity contribution in [2.45, 2.75) is 32.2 Å². The zero-order valence-electron chi connectivity index (χ0n) is 11.4. The number of rotatable bonds is 5. The molecule has 1 atom stereocenters. The van der Waals surface area contributed by atoms with E-state index < -0.39 is 18.0 Å². The average molecular weight is 271 g/mol. The van der Waals surface area contributed by atoms with Crippen molar-refractivity contribution in [3.8, 4) is 0 Å². The molecule has 1 heterocycles. The van der Waals surface area contributed by atoms with Crippen LogP contribution in [-0.2, 0) is 9.59 Å². The molecule has 0 bridgehead atoms. The zero-order valence-corrected chi connectivity index (χ0v) is 11.4. The molecule has 0 spiro atoms. The van der Waals surface area contributed by atoms with Gasteiger partial charge in [-0.15, -0.1) is 0 Å². The van der Waals surface area contributed by atoms with Crippen molar-refractivity contribution in [3.05, 3.63) is 0 Å². The fourth-order valence-electron chi connectivity index (χ4n) is 1.98. The number of urea groups is 1. The van der Waals surface area contributed by atoms with Gasteiger partial charge in [0.1, 0.15) is 6.54 Å². The topological polar surface area (TPSA) is 90.0 Å². The smallest absolute Gasteiger partial charge is 0.317 e. The van der Waals surface area contributed by atoms with Gasteiger partial charge in [0, 0.05) is 26.2 Å². The number of nitrogens with one attached hydrogen (secondary N) is 1. The van der Waals surface area contributed by atoms with Gasteiger partial charge in [0.05, 0.1) is 6.42 Å². The molecular formula is C12H21N3O4. The van der Waals surface area contributed by atoms with Gasteiger partial charge in [0.15, 0.2) is 0 Å². The molecule has 0 aromatic heterocycles. The third-order valence-corrected chi connectivity index (χ3v) is 3.03. The van der Waals surface area contributed by atoms with E-state index in [0.29, 0.717) is 0 Å². The molecular weight excluding hydrogens is 250 g/mol. The summed E-state index contributed by atoms with van der Waals surface area (Å²) >= 11 is 0. The Hall–Kier alpha value is -1.79. The highest BCUT2D eigenvalue weighted by Crippen LogP contribution is 2.07. The van der Waals surface area contributed by atoms with E-state index in [9.17, 15) is 14.4 Å². The molecule has 1 fully saturated rings. The molecule has 0 radical (unpaired) electrons. The number of carbonyl (C=O) groups is 3. The van der Waals surface area contributed by atoms with Gasteiger partial charge in [-0.1, -0.05) is 0 Å². The summed E-state index contributed by atoms with van der Waals surface area (Å²) in [7, 11) is 1.52. The molecule has 19 heavy (non-hydrogen) atoms. The number of carboxylic acid groups (broad SMARTS) is 1. The van der Waals surface area contributed by atoms with Gasteiger partial charge in [0.25, 0.3) is 0 Å². The van der Waals surface area contributed by atoms with Crippen LogP contribution in [-0.4, -0.2) is 65.5 Å². The number of carboxylic acids is 1. The molecule has 0 saturated carbocycles. The maximum atomic E-state index is 11.8. The van der Waals surface area contributed by atoms with Crippen molar-refractivity contribution in [3.63, 3.8) is 0 Å². The van der Waals surface area contributed by atoms with Gasteiger partial charge in [-0.05, 0) is 19.8 Å². The van der Waals surface area contributed by atoms with E-state index >= 15 is 0 Å². The van der Waals surface area contributed by atoms with Gasteiger partial charge in [0.2, 0.25) is 5.91 Å². The summed E-state index contributed by atoms with van der Waals surface area (Å²) in [4.78, 5) is 37.1. The van der Waals surface area contributed by atoms with Crippen LogP contribution >= 0.6 is 0 Å². The van der Waals surface area contributed by atoms with Gasteiger partial charge in [-0.25, -0.2) is 4.79 Å². The predicted molar refractivity (Wildman–Crippen MR) is 68.7 cm³/mol. The van der Waals surface area contributed by atoms with E-state index in [2.05, 4.69) is 5.32 Å². The highest BCUT2D eigenvalue weighted by molar-refractivity contribution is 5.84. The molecule has 0 aromatic carbocycles. The van der Waals surface area contributed by atoms with Crippen molar-refractivity contribution in [2.75, 3.05) is 26.7 Å². The van der Waals surface area contributed by atoms with Crippen LogP contribution in [0.5, 0.6) is 0 Å². The predicted octanol–water partition coefficient (Wildman–Crippen LogP) is 0.113. The lowest BCUT2D eigenvalue weighted by Crippen LogP contribution is -2.46. The second-order valence-electron chi connectivity index (χ2n) is 4.89. The van der Waals surface area contributed by atoms with Gasteiger partial charge < -0.3 is 20.2 Å². The normalized spacial score (nSPS) is 16.0. The Morgan fingerprint density at radius 1 is 1.32 bits per heavy atom. The molecule has 108 valence electrons. The first-order valence-corrected chi connectivity index (χ1v) is 6.41. The first-order valence-electron chi connectivity index (χ1n) is 6.41. The van der Waals surface area contributed by atoms with Crippen LogP contribution in [0.15, 0.2) is 0 Å². The van der Waals surface area contributed by atoms with Gasteiger partial charge in [-0.3, -0.25) is 9.59 Å². The lowest BCUT2D eigenvalue weighted by Gasteiger charge is -2.23. The summed E-state index contributed by atoms with van der Waals surface area (Å²) in [6.07, 6.45) is 1.88. The zero-order chi connectivity index (χ0) is 14.4. The maximum Gasteiger partial charge on any atom is 0.317 e. The first kappa shape index (κ1) is 15.3. The Labute approximate surface area is 112 Å². The minimum atomic E-state index is -0.969. The molecule has 1 aliphatic rings. The van der Waals surface area contributed by atoms with Crippen molar-refractivity contribution in [1.82, 2.24) is 15.1 Å². The van der Waals surface area contributed by atoms with E-state index in [-0.39, 0.29) is 18.9 Å². The Balaban J connectivity index is 2.35. The van der Waals surface area contributed by atoms with Crippen LogP contribution in [0, 0.1) is 0 Å². The number of hydrogen-bond acceptors (Lipinski definition) is 3. The van der Waals surface area contributed by atoms with E-state index in [1.54, 1.807) is 11.8 Å². The second kappa shape index (κ2) is 6.96. The van der Waals surface area contributed by atoms with Crippen molar-refractivity contribution >= 4 is 17.9 Å². The molecule has 1 rings (SSSR count). The molecule has 3 amide bonds. The van der Waals surface area contributed by atoms with Crippen LogP contribution in [0.25, 0.3) is 0 Å². The fourth-order valence-corrected chi connectivity index (χ4v) is 1.98. The van der Waals surface area contributed by atoms with Crippen molar-refractivity contribution in [2.24, 2.45) is 0 Å². The highest BCUT2D eigenvalue weighted by Gasteiger charge is 2.21. The van der Waals surface area contributed by atoms with Gasteiger partial charge >= 0.3 is 12.0 Å². The van der Waals surface area contributed by atoms with Crippen molar-refractivity contribution in [1.29, 1.82) is 0 Å². The summed E-state index contributed by atoms with van der Waals surface area (Å²) < 4.78 is 0. The van der Waals surface area contributed by atoms with E-state index in [0.717, 1.165) is 25.9 Å². The summed E-state index contributed by atoms with van der Waals surface area (Å²) in [6, 6.07) is -0.893. The monoisotopic (exact) mass is 271 g/mol. The molecule has 1 saturated heterocycles. The van der Waals surface area contributed by atoms with Crippen LogP contribution in [0.1, 0.15) is 26.2 Å². The minimum absolute atomic E-state index is 0.0195. The summed E-state index contributed by atoms with van der Waals surface area (Å²) in [5.41, 5.74) is 0. The molecule has 0 aliphatic carbocycles. The third kappa shape index (κ3) is 5.15. The lowest BCUT2D eigenvalue weighted by molar-refractivity contribution is -0.137. The lowest BCUT2D eigenvalue weighted by atomic mass is 10.2. The molecule has 0 aromatic rings. The van der Waals surface area contributed by atoms with Crippen LogP contribution < -0.4 is 5.32 Å². The maximum absolute atomic E-state index is 11.8. The summed E-state index contributed by atoms with van der Waals surface area (Å²) in [6.45, 7) is 3.14. The number of carbonyl (C=O) groups excluding carboxylic acids is 2. The first-order chi connectivity index (χ1) is 8.90. The van der Waals surface area contributed by atoms with Crippen LogP contribution in [0.4, 0.5) is 4.79 Å². The Morgan fingerprint density at radius 2 is 1.89 bits per heavy atom. The molecule has 7 nitrogen and oxygen atoms in total. The quantitative estimate of drug-likeness (QED) is 0.743. The van der Waals surface area contributed by atoms with E-state index in [1.807, 2.05) is 0 Å². The minimum Gasteiger partial charge on any atom is -0.481 e.